The van der Waals surface area contributed by atoms with Gasteiger partial charge in [0, 0.05) is 24.4 Å². The summed E-state index contributed by atoms with van der Waals surface area (Å²) in [5, 5.41) is 13.2. The van der Waals surface area contributed by atoms with Crippen molar-refractivity contribution >= 4 is 22.2 Å². The third-order valence-electron chi connectivity index (χ3n) is 4.93. The van der Waals surface area contributed by atoms with Crippen molar-refractivity contribution in [3.05, 3.63) is 16.0 Å². The summed E-state index contributed by atoms with van der Waals surface area (Å²) in [6.45, 7) is 5.31. The van der Waals surface area contributed by atoms with Crippen LogP contribution in [0.2, 0.25) is 0 Å². The molecule has 0 radical (unpaired) electrons. The van der Waals surface area contributed by atoms with Crippen molar-refractivity contribution in [1.82, 2.24) is 4.90 Å². The number of nitriles is 1. The highest BCUT2D eigenvalue weighted by Gasteiger charge is 2.22. The van der Waals surface area contributed by atoms with Crippen molar-refractivity contribution in [2.24, 2.45) is 5.92 Å². The van der Waals surface area contributed by atoms with E-state index in [1.54, 1.807) is 11.3 Å². The van der Waals surface area contributed by atoms with Gasteiger partial charge < -0.3 is 10.2 Å². The molecule has 1 amide bonds. The number of likely N-dealkylation sites (tertiary alicyclic amines) is 1. The number of nitrogens with one attached hydrogen (secondary N) is 1. The molecule has 1 aliphatic heterocycles. The molecule has 3 rings (SSSR count). The van der Waals surface area contributed by atoms with Gasteiger partial charge in [-0.05, 0) is 56.6 Å². The number of hydrogen-bond donors (Lipinski definition) is 1. The van der Waals surface area contributed by atoms with Crippen LogP contribution in [0.4, 0.5) is 5.00 Å². The Labute approximate surface area is 142 Å². The van der Waals surface area contributed by atoms with Crippen LogP contribution in [0, 0.1) is 17.2 Å². The highest BCUT2D eigenvalue weighted by molar-refractivity contribution is 7.16. The molecule has 1 N–H and O–H groups in total. The second-order valence-electron chi connectivity index (χ2n) is 6.87. The Morgan fingerprint density at radius 3 is 3.00 bits per heavy atom. The lowest BCUT2D eigenvalue weighted by Crippen LogP contribution is -2.36. The normalized spacial score (nSPS) is 21.5. The fraction of sp³-hybridized carbons (Fsp3) is 0.667. The molecular formula is C18H25N3OS. The van der Waals surface area contributed by atoms with Crippen molar-refractivity contribution in [1.29, 1.82) is 5.26 Å². The summed E-state index contributed by atoms with van der Waals surface area (Å²) in [5.74, 6) is 0.777. The Balaban J connectivity index is 1.58. The zero-order chi connectivity index (χ0) is 16.2. The minimum Gasteiger partial charge on any atom is -0.317 e. The van der Waals surface area contributed by atoms with Gasteiger partial charge in [-0.1, -0.05) is 6.92 Å². The van der Waals surface area contributed by atoms with Gasteiger partial charge in [0.05, 0.1) is 5.56 Å². The molecule has 2 heterocycles. The quantitative estimate of drug-likeness (QED) is 0.918. The number of amides is 1. The lowest BCUT2D eigenvalue weighted by molar-refractivity contribution is -0.116. The van der Waals surface area contributed by atoms with Gasteiger partial charge in [-0.2, -0.15) is 5.26 Å². The number of anilines is 1. The van der Waals surface area contributed by atoms with Gasteiger partial charge in [-0.15, -0.1) is 11.3 Å². The summed E-state index contributed by atoms with van der Waals surface area (Å²) < 4.78 is 0. The largest absolute Gasteiger partial charge is 0.317 e. The molecule has 1 fully saturated rings. The van der Waals surface area contributed by atoms with Crippen LogP contribution in [0.3, 0.4) is 0 Å². The zero-order valence-electron chi connectivity index (χ0n) is 13.9. The minimum atomic E-state index is 0.0401. The van der Waals surface area contributed by atoms with Gasteiger partial charge in [0.1, 0.15) is 11.1 Å². The van der Waals surface area contributed by atoms with Crippen molar-refractivity contribution < 1.29 is 4.79 Å². The van der Waals surface area contributed by atoms with Gasteiger partial charge in [0.25, 0.3) is 0 Å². The molecule has 1 aliphatic carbocycles. The van der Waals surface area contributed by atoms with E-state index in [9.17, 15) is 10.1 Å². The number of hydrogen-bond acceptors (Lipinski definition) is 4. The van der Waals surface area contributed by atoms with E-state index in [2.05, 4.69) is 23.2 Å². The predicted octanol–water partition coefficient (Wildman–Crippen LogP) is 3.56. The molecule has 0 bridgehead atoms. The molecule has 0 saturated carbocycles. The molecule has 1 aromatic rings. The summed E-state index contributed by atoms with van der Waals surface area (Å²) in [5.41, 5.74) is 1.90. The van der Waals surface area contributed by atoms with E-state index in [0.717, 1.165) is 49.8 Å². The summed E-state index contributed by atoms with van der Waals surface area (Å²) >= 11 is 1.61. The fourth-order valence-electron chi connectivity index (χ4n) is 3.71. The summed E-state index contributed by atoms with van der Waals surface area (Å²) in [6.07, 6.45) is 7.43. The van der Waals surface area contributed by atoms with E-state index in [4.69, 9.17) is 0 Å². The zero-order valence-corrected chi connectivity index (χ0v) is 14.7. The number of rotatable bonds is 4. The van der Waals surface area contributed by atoms with Crippen LogP contribution in [0.1, 0.15) is 55.0 Å². The maximum absolute atomic E-state index is 12.3. The van der Waals surface area contributed by atoms with E-state index in [1.807, 2.05) is 0 Å². The smallest absolute Gasteiger partial charge is 0.226 e. The van der Waals surface area contributed by atoms with Crippen molar-refractivity contribution in [3.8, 4) is 6.07 Å². The van der Waals surface area contributed by atoms with E-state index in [-0.39, 0.29) is 5.91 Å². The number of carbonyl (C=O) groups is 1. The third-order valence-corrected chi connectivity index (χ3v) is 6.14. The van der Waals surface area contributed by atoms with Gasteiger partial charge in [0.15, 0.2) is 0 Å². The van der Waals surface area contributed by atoms with Crippen LogP contribution in [-0.4, -0.2) is 30.4 Å². The molecule has 0 aromatic carbocycles. The Hall–Kier alpha value is -1.38. The lowest BCUT2D eigenvalue weighted by atomic mass is 9.96. The average molecular weight is 331 g/mol. The van der Waals surface area contributed by atoms with Crippen LogP contribution in [0.25, 0.3) is 0 Å². The molecule has 124 valence electrons. The number of fused-ring (bicyclic) bond motifs is 1. The van der Waals surface area contributed by atoms with Crippen LogP contribution in [0.15, 0.2) is 0 Å². The van der Waals surface area contributed by atoms with Crippen LogP contribution in [-0.2, 0) is 17.6 Å². The lowest BCUT2D eigenvalue weighted by Gasteiger charge is -2.30. The highest BCUT2D eigenvalue weighted by Crippen LogP contribution is 2.37. The maximum atomic E-state index is 12.3. The molecule has 1 aromatic heterocycles. The van der Waals surface area contributed by atoms with Gasteiger partial charge >= 0.3 is 0 Å². The molecule has 0 spiro atoms. The number of nitrogens with zero attached hydrogens (tertiary/aromatic N) is 2. The topological polar surface area (TPSA) is 56.1 Å². The second-order valence-corrected chi connectivity index (χ2v) is 7.98. The van der Waals surface area contributed by atoms with Gasteiger partial charge in [0.2, 0.25) is 5.91 Å². The molecule has 1 atom stereocenters. The fourth-order valence-corrected chi connectivity index (χ4v) is 4.97. The van der Waals surface area contributed by atoms with Crippen molar-refractivity contribution in [2.45, 2.75) is 51.9 Å². The Morgan fingerprint density at radius 2 is 2.22 bits per heavy atom. The number of piperidine rings is 1. The third kappa shape index (κ3) is 3.94. The van der Waals surface area contributed by atoms with Crippen LogP contribution < -0.4 is 5.32 Å². The second kappa shape index (κ2) is 7.46. The van der Waals surface area contributed by atoms with E-state index >= 15 is 0 Å². The van der Waals surface area contributed by atoms with Crippen LogP contribution >= 0.6 is 11.3 Å². The van der Waals surface area contributed by atoms with Crippen molar-refractivity contribution in [2.75, 3.05) is 25.0 Å². The summed E-state index contributed by atoms with van der Waals surface area (Å²) in [6, 6.07) is 2.31. The highest BCUT2D eigenvalue weighted by atomic mass is 32.1. The van der Waals surface area contributed by atoms with E-state index < -0.39 is 0 Å². The SMILES string of the molecule is C[C@@H]1CCCN(CCC(=O)Nc2sc3c(c2C#N)CCCC3)C1. The molecule has 5 heteroatoms. The molecule has 2 aliphatic rings. The Bertz CT molecular complexity index is 617. The molecule has 0 unspecified atom stereocenters. The monoisotopic (exact) mass is 331 g/mol. The van der Waals surface area contributed by atoms with E-state index in [0.29, 0.717) is 12.0 Å². The number of thiophene rings is 1. The first kappa shape index (κ1) is 16.5. The summed E-state index contributed by atoms with van der Waals surface area (Å²) in [4.78, 5) is 16.0. The first-order valence-corrected chi connectivity index (χ1v) is 9.56. The minimum absolute atomic E-state index is 0.0401. The number of carbonyl (C=O) groups excluding carboxylic acids is 1. The first-order chi connectivity index (χ1) is 11.2. The molecule has 4 nitrogen and oxygen atoms in total. The first-order valence-electron chi connectivity index (χ1n) is 8.74. The maximum Gasteiger partial charge on any atom is 0.226 e. The van der Waals surface area contributed by atoms with Gasteiger partial charge in [-0.3, -0.25) is 4.79 Å². The Morgan fingerprint density at radius 1 is 1.39 bits per heavy atom. The van der Waals surface area contributed by atoms with Crippen molar-refractivity contribution in [3.63, 3.8) is 0 Å². The predicted molar refractivity (Wildman–Crippen MR) is 93.8 cm³/mol. The molecule has 23 heavy (non-hydrogen) atoms. The van der Waals surface area contributed by atoms with Gasteiger partial charge in [-0.25, -0.2) is 0 Å². The summed E-state index contributed by atoms with van der Waals surface area (Å²) in [7, 11) is 0. The molecular weight excluding hydrogens is 306 g/mol. The van der Waals surface area contributed by atoms with Crippen LogP contribution in [0.5, 0.6) is 0 Å². The standard InChI is InChI=1S/C18H25N3OS/c1-13-5-4-9-21(12-13)10-8-17(22)20-18-15(11-19)14-6-2-3-7-16(14)23-18/h13H,2-10,12H2,1H3,(H,20,22)/t13-/m1/s1. The molecule has 1 saturated heterocycles. The van der Waals surface area contributed by atoms with E-state index in [1.165, 1.54) is 29.7 Å². The number of aryl methyl sites for hydroxylation is 1. The Kier molecular flexibility index (Phi) is 5.34. The average Bonchev–Trinajstić information content (AvgIpc) is 2.90.